The molecule has 0 saturated carbocycles. The van der Waals surface area contributed by atoms with Gasteiger partial charge in [0.15, 0.2) is 0 Å². The molecule has 6 aromatic rings. The number of hydrogen-bond donors (Lipinski definition) is 0. The van der Waals surface area contributed by atoms with Gasteiger partial charge in [0.1, 0.15) is 11.6 Å². The van der Waals surface area contributed by atoms with Gasteiger partial charge < -0.3 is 0 Å². The summed E-state index contributed by atoms with van der Waals surface area (Å²) >= 11 is 0. The molecule has 6 rings (SSSR count). The normalized spacial score (nSPS) is 11.4. The first-order valence-electron chi connectivity index (χ1n) is 19.9. The van der Waals surface area contributed by atoms with Gasteiger partial charge in [0.2, 0.25) is 0 Å². The summed E-state index contributed by atoms with van der Waals surface area (Å²) in [5.41, 5.74) is 19.5. The SMILES string of the molecule is Cc1cc(-c2ccc(-c3ccc(CCCCCCCCCc4ccc(-c5ccc(-c6cc(C)c(F)c(C)c6)c(C)c5)c(C)c4)cc3C)cc2C)ccc1F. The smallest absolute Gasteiger partial charge is 0.129 e. The van der Waals surface area contributed by atoms with Gasteiger partial charge >= 0.3 is 0 Å². The molecule has 0 aromatic heterocycles. The number of benzene rings is 6. The van der Waals surface area contributed by atoms with Crippen LogP contribution in [0.15, 0.2) is 103 Å². The van der Waals surface area contributed by atoms with Crippen LogP contribution in [0.2, 0.25) is 0 Å². The third-order valence-electron chi connectivity index (χ3n) is 11.3. The molecule has 0 atom stereocenters. The third kappa shape index (κ3) is 9.27. The summed E-state index contributed by atoms with van der Waals surface area (Å²) in [5.74, 6) is -0.269. The summed E-state index contributed by atoms with van der Waals surface area (Å²) in [4.78, 5) is 0. The molecule has 0 aliphatic carbocycles. The van der Waals surface area contributed by atoms with Crippen LogP contribution in [0.1, 0.15) is 95.0 Å². The van der Waals surface area contributed by atoms with Crippen molar-refractivity contribution in [3.8, 4) is 44.5 Å². The zero-order valence-corrected chi connectivity index (χ0v) is 33.4. The maximum absolute atomic E-state index is 14.2. The van der Waals surface area contributed by atoms with Gasteiger partial charge in [0, 0.05) is 0 Å². The van der Waals surface area contributed by atoms with E-state index in [0.29, 0.717) is 16.7 Å². The molecule has 0 spiro atoms. The Labute approximate surface area is 323 Å². The van der Waals surface area contributed by atoms with Crippen LogP contribution in [0.3, 0.4) is 0 Å². The lowest BCUT2D eigenvalue weighted by Crippen LogP contribution is -1.93. The van der Waals surface area contributed by atoms with E-state index in [1.165, 1.54) is 101 Å². The van der Waals surface area contributed by atoms with E-state index in [4.69, 9.17) is 0 Å². The van der Waals surface area contributed by atoms with Gasteiger partial charge in [-0.2, -0.15) is 0 Å². The maximum atomic E-state index is 14.2. The molecular weight excluding hydrogens is 663 g/mol. The first-order valence-corrected chi connectivity index (χ1v) is 19.9. The van der Waals surface area contributed by atoms with Crippen molar-refractivity contribution in [3.05, 3.63) is 165 Å². The van der Waals surface area contributed by atoms with Gasteiger partial charge in [0.25, 0.3) is 0 Å². The highest BCUT2D eigenvalue weighted by Gasteiger charge is 2.12. The monoisotopic (exact) mass is 718 g/mol. The summed E-state index contributed by atoms with van der Waals surface area (Å²) in [6, 6.07) is 36.5. The van der Waals surface area contributed by atoms with Crippen LogP contribution in [0, 0.1) is 60.1 Å². The first-order chi connectivity index (χ1) is 26.0. The van der Waals surface area contributed by atoms with Crippen molar-refractivity contribution in [2.75, 3.05) is 0 Å². The minimum Gasteiger partial charge on any atom is -0.207 e. The van der Waals surface area contributed by atoms with Crippen molar-refractivity contribution in [2.45, 2.75) is 106 Å². The van der Waals surface area contributed by atoms with Crippen LogP contribution >= 0.6 is 0 Å². The van der Waals surface area contributed by atoms with Gasteiger partial charge in [-0.15, -0.1) is 0 Å². The molecule has 6 aromatic carbocycles. The molecule has 0 N–H and O–H groups in total. The van der Waals surface area contributed by atoms with Crippen molar-refractivity contribution in [1.82, 2.24) is 0 Å². The van der Waals surface area contributed by atoms with Crippen LogP contribution in [-0.4, -0.2) is 0 Å². The van der Waals surface area contributed by atoms with E-state index < -0.39 is 0 Å². The van der Waals surface area contributed by atoms with E-state index in [2.05, 4.69) is 100 Å². The summed E-state index contributed by atoms with van der Waals surface area (Å²) < 4.78 is 28.0. The van der Waals surface area contributed by atoms with Gasteiger partial charge in [-0.1, -0.05) is 111 Å². The van der Waals surface area contributed by atoms with E-state index in [1.807, 2.05) is 45.0 Å². The van der Waals surface area contributed by atoms with Crippen LogP contribution in [0.5, 0.6) is 0 Å². The van der Waals surface area contributed by atoms with Crippen molar-refractivity contribution in [3.63, 3.8) is 0 Å². The second-order valence-electron chi connectivity index (χ2n) is 15.7. The second-order valence-corrected chi connectivity index (χ2v) is 15.7. The molecule has 0 amide bonds. The van der Waals surface area contributed by atoms with Crippen LogP contribution in [0.25, 0.3) is 44.5 Å². The predicted molar refractivity (Wildman–Crippen MR) is 227 cm³/mol. The zero-order valence-electron chi connectivity index (χ0n) is 33.4. The fourth-order valence-corrected chi connectivity index (χ4v) is 8.18. The molecule has 0 nitrogen and oxygen atoms in total. The molecule has 54 heavy (non-hydrogen) atoms. The lowest BCUT2D eigenvalue weighted by atomic mass is 9.91. The molecule has 0 aliphatic rings. The van der Waals surface area contributed by atoms with Crippen LogP contribution in [0.4, 0.5) is 8.78 Å². The average molecular weight is 719 g/mol. The highest BCUT2D eigenvalue weighted by atomic mass is 19.1. The number of unbranched alkanes of at least 4 members (excludes halogenated alkanes) is 6. The molecule has 0 saturated heterocycles. The van der Waals surface area contributed by atoms with Crippen LogP contribution < -0.4 is 0 Å². The maximum Gasteiger partial charge on any atom is 0.129 e. The Kier molecular flexibility index (Phi) is 12.6. The Morgan fingerprint density at radius 2 is 0.648 bits per heavy atom. The lowest BCUT2D eigenvalue weighted by Gasteiger charge is -2.14. The van der Waals surface area contributed by atoms with Gasteiger partial charge in [-0.25, -0.2) is 8.78 Å². The number of rotatable bonds is 14. The van der Waals surface area contributed by atoms with Gasteiger partial charge in [0.05, 0.1) is 0 Å². The Morgan fingerprint density at radius 1 is 0.315 bits per heavy atom. The molecular formula is C52H56F2. The summed E-state index contributed by atoms with van der Waals surface area (Å²) in [6.07, 6.45) is 11.3. The highest BCUT2D eigenvalue weighted by Crippen LogP contribution is 2.34. The van der Waals surface area contributed by atoms with Gasteiger partial charge in [-0.3, -0.25) is 0 Å². The molecule has 0 fully saturated rings. The molecule has 0 radical (unpaired) electrons. The Bertz CT molecular complexity index is 2230. The number of hydrogen-bond acceptors (Lipinski definition) is 0. The molecule has 0 heterocycles. The van der Waals surface area contributed by atoms with E-state index in [-0.39, 0.29) is 11.6 Å². The third-order valence-corrected chi connectivity index (χ3v) is 11.3. The van der Waals surface area contributed by atoms with Gasteiger partial charge in [-0.05, 0) is 193 Å². The first kappa shape index (κ1) is 38.9. The average Bonchev–Trinajstić information content (AvgIpc) is 3.14. The van der Waals surface area contributed by atoms with Crippen LogP contribution in [-0.2, 0) is 12.8 Å². The predicted octanol–water partition coefficient (Wildman–Crippen LogP) is 15.3. The Balaban J connectivity index is 0.907. The fraction of sp³-hybridized carbons (Fsp3) is 0.308. The summed E-state index contributed by atoms with van der Waals surface area (Å²) in [6.45, 7) is 14.2. The quantitative estimate of drug-likeness (QED) is 0.0984. The minimum absolute atomic E-state index is 0.111. The van der Waals surface area contributed by atoms with Crippen molar-refractivity contribution >= 4 is 0 Å². The van der Waals surface area contributed by atoms with E-state index >= 15 is 0 Å². The summed E-state index contributed by atoms with van der Waals surface area (Å²) in [5, 5.41) is 0. The molecule has 0 bridgehead atoms. The summed E-state index contributed by atoms with van der Waals surface area (Å²) in [7, 11) is 0. The minimum atomic E-state index is -0.158. The standard InChI is InChI=1S/C52H56F2/c1-34-27-41(17-22-47(34)43-19-24-49(36(3)29-43)45-21-26-51(53)38(5)31-45)15-13-11-9-8-10-12-14-16-42-18-23-48(35(2)28-42)44-20-25-50(37(4)30-44)46-32-39(6)52(54)40(7)33-46/h17-33H,8-16H2,1-7H3. The second kappa shape index (κ2) is 17.5. The van der Waals surface area contributed by atoms with Crippen molar-refractivity contribution in [2.24, 2.45) is 0 Å². The number of aryl methyl sites for hydroxylation is 9. The van der Waals surface area contributed by atoms with E-state index in [0.717, 1.165) is 35.1 Å². The molecule has 278 valence electrons. The molecule has 0 unspecified atom stereocenters. The van der Waals surface area contributed by atoms with Crippen molar-refractivity contribution < 1.29 is 8.78 Å². The molecule has 0 aliphatic heterocycles. The molecule has 2 heteroatoms. The lowest BCUT2D eigenvalue weighted by molar-refractivity contribution is 0.579. The highest BCUT2D eigenvalue weighted by molar-refractivity contribution is 5.77. The Morgan fingerprint density at radius 3 is 1.06 bits per heavy atom. The van der Waals surface area contributed by atoms with Crippen molar-refractivity contribution in [1.29, 1.82) is 0 Å². The zero-order chi connectivity index (χ0) is 38.4. The topological polar surface area (TPSA) is 0 Å². The van der Waals surface area contributed by atoms with E-state index in [1.54, 1.807) is 6.07 Å². The fourth-order valence-electron chi connectivity index (χ4n) is 8.18. The number of halogens is 2. The van der Waals surface area contributed by atoms with E-state index in [9.17, 15) is 8.78 Å². The largest absolute Gasteiger partial charge is 0.207 e. The Hall–Kier alpha value is -4.82.